The first-order chi connectivity index (χ1) is 8.27. The van der Waals surface area contributed by atoms with Crippen molar-refractivity contribution in [2.45, 2.75) is 58.4 Å². The van der Waals surface area contributed by atoms with Crippen molar-refractivity contribution in [1.82, 2.24) is 5.32 Å². The maximum absolute atomic E-state index is 11.7. The fourth-order valence-corrected chi connectivity index (χ4v) is 2.21. The van der Waals surface area contributed by atoms with Gasteiger partial charge < -0.3 is 10.1 Å². The van der Waals surface area contributed by atoms with Crippen molar-refractivity contribution in [3.05, 3.63) is 11.6 Å². The second-order valence-corrected chi connectivity index (χ2v) is 4.55. The van der Waals surface area contributed by atoms with Crippen LogP contribution in [0.4, 0.5) is 0 Å². The van der Waals surface area contributed by atoms with Crippen LogP contribution >= 0.6 is 0 Å². The molecule has 1 atom stereocenters. The molecular formula is C14H25NO2. The molecule has 0 bridgehead atoms. The van der Waals surface area contributed by atoms with E-state index in [4.69, 9.17) is 4.74 Å². The average Bonchev–Trinajstić information content (AvgIpc) is 2.81. The lowest BCUT2D eigenvalue weighted by Crippen LogP contribution is -2.38. The quantitative estimate of drug-likeness (QED) is 0.523. The lowest BCUT2D eigenvalue weighted by Gasteiger charge is -2.16. The number of allylic oxidation sites excluding steroid dienone is 1. The summed E-state index contributed by atoms with van der Waals surface area (Å²) in [6.45, 7) is 5.29. The molecule has 1 aliphatic carbocycles. The first-order valence-electron chi connectivity index (χ1n) is 6.85. The van der Waals surface area contributed by atoms with Gasteiger partial charge in [-0.1, -0.05) is 25.0 Å². The van der Waals surface area contributed by atoms with E-state index in [9.17, 15) is 4.79 Å². The Balaban J connectivity index is 2.25. The van der Waals surface area contributed by atoms with Crippen LogP contribution in [0.15, 0.2) is 11.6 Å². The van der Waals surface area contributed by atoms with Gasteiger partial charge in [-0.2, -0.15) is 0 Å². The molecule has 0 aromatic carbocycles. The Bertz CT molecular complexity index is 261. The van der Waals surface area contributed by atoms with Gasteiger partial charge in [0, 0.05) is 0 Å². The summed E-state index contributed by atoms with van der Waals surface area (Å²) in [5, 5.41) is 3.32. The predicted octanol–water partition coefficient (Wildman–Crippen LogP) is 2.81. The fraction of sp³-hybridized carbons (Fsp3) is 0.786. The Hall–Kier alpha value is -0.830. The molecule has 0 radical (unpaired) electrons. The topological polar surface area (TPSA) is 38.3 Å². The number of ether oxygens (including phenoxy) is 1. The second kappa shape index (κ2) is 8.29. The maximum Gasteiger partial charge on any atom is 0.323 e. The van der Waals surface area contributed by atoms with Crippen LogP contribution < -0.4 is 5.32 Å². The largest absolute Gasteiger partial charge is 0.465 e. The molecule has 1 N–H and O–H groups in total. The molecule has 1 unspecified atom stereocenters. The molecule has 0 amide bonds. The SMILES string of the molecule is CCCC(NCCC1=CCCC1)C(=O)OCC. The summed E-state index contributed by atoms with van der Waals surface area (Å²) in [6.07, 6.45) is 9.02. The molecule has 17 heavy (non-hydrogen) atoms. The van der Waals surface area contributed by atoms with Crippen LogP contribution in [0.5, 0.6) is 0 Å². The Morgan fingerprint density at radius 2 is 2.35 bits per heavy atom. The normalized spacial score (nSPS) is 16.7. The minimum absolute atomic E-state index is 0.102. The van der Waals surface area contributed by atoms with Crippen molar-refractivity contribution < 1.29 is 9.53 Å². The molecule has 0 fully saturated rings. The van der Waals surface area contributed by atoms with Gasteiger partial charge in [0.1, 0.15) is 6.04 Å². The first kappa shape index (κ1) is 14.2. The van der Waals surface area contributed by atoms with E-state index in [1.54, 1.807) is 0 Å². The highest BCUT2D eigenvalue weighted by atomic mass is 16.5. The number of carbonyl (C=O) groups is 1. The van der Waals surface area contributed by atoms with Gasteiger partial charge >= 0.3 is 5.97 Å². The zero-order valence-corrected chi connectivity index (χ0v) is 11.1. The molecule has 1 rings (SSSR count). The molecular weight excluding hydrogens is 214 g/mol. The van der Waals surface area contributed by atoms with Crippen LogP contribution in [0.1, 0.15) is 52.4 Å². The number of esters is 1. The first-order valence-corrected chi connectivity index (χ1v) is 6.85. The fourth-order valence-electron chi connectivity index (χ4n) is 2.21. The van der Waals surface area contributed by atoms with Crippen LogP contribution in [-0.2, 0) is 9.53 Å². The van der Waals surface area contributed by atoms with E-state index >= 15 is 0 Å². The van der Waals surface area contributed by atoms with Gasteiger partial charge in [0.2, 0.25) is 0 Å². The summed E-state index contributed by atoms with van der Waals surface area (Å²) < 4.78 is 5.06. The molecule has 0 aromatic heterocycles. The van der Waals surface area contributed by atoms with E-state index in [-0.39, 0.29) is 12.0 Å². The van der Waals surface area contributed by atoms with Crippen LogP contribution in [0.3, 0.4) is 0 Å². The molecule has 3 heteroatoms. The lowest BCUT2D eigenvalue weighted by atomic mass is 10.1. The van der Waals surface area contributed by atoms with E-state index in [0.717, 1.165) is 25.8 Å². The second-order valence-electron chi connectivity index (χ2n) is 4.55. The summed E-state index contributed by atoms with van der Waals surface area (Å²) >= 11 is 0. The molecule has 0 aliphatic heterocycles. The van der Waals surface area contributed by atoms with Crippen LogP contribution in [0, 0.1) is 0 Å². The van der Waals surface area contributed by atoms with Crippen molar-refractivity contribution in [2.75, 3.05) is 13.2 Å². The highest BCUT2D eigenvalue weighted by Gasteiger charge is 2.17. The minimum Gasteiger partial charge on any atom is -0.465 e. The van der Waals surface area contributed by atoms with E-state index < -0.39 is 0 Å². The molecule has 0 heterocycles. The van der Waals surface area contributed by atoms with Crippen molar-refractivity contribution in [3.63, 3.8) is 0 Å². The van der Waals surface area contributed by atoms with Crippen molar-refractivity contribution in [2.24, 2.45) is 0 Å². The standard InChI is InChI=1S/C14H25NO2/c1-3-7-13(14(16)17-4-2)15-11-10-12-8-5-6-9-12/h8,13,15H,3-7,9-11H2,1-2H3. The zero-order valence-electron chi connectivity index (χ0n) is 11.1. The third-order valence-electron chi connectivity index (χ3n) is 3.12. The summed E-state index contributed by atoms with van der Waals surface area (Å²) in [4.78, 5) is 11.7. The zero-order chi connectivity index (χ0) is 12.5. The Morgan fingerprint density at radius 3 is 2.94 bits per heavy atom. The monoisotopic (exact) mass is 239 g/mol. The van der Waals surface area contributed by atoms with Crippen molar-refractivity contribution in [1.29, 1.82) is 0 Å². The Labute approximate surface area is 105 Å². The molecule has 0 spiro atoms. The van der Waals surface area contributed by atoms with Crippen LogP contribution in [-0.4, -0.2) is 25.2 Å². The van der Waals surface area contributed by atoms with Gasteiger partial charge in [-0.3, -0.25) is 4.79 Å². The molecule has 0 saturated carbocycles. The minimum atomic E-state index is -0.123. The summed E-state index contributed by atoms with van der Waals surface area (Å²) in [5.74, 6) is -0.102. The molecule has 98 valence electrons. The Kier molecular flexibility index (Phi) is 6.94. The van der Waals surface area contributed by atoms with Crippen molar-refractivity contribution >= 4 is 5.97 Å². The number of hydrogen-bond donors (Lipinski definition) is 1. The van der Waals surface area contributed by atoms with Gasteiger partial charge in [-0.15, -0.1) is 0 Å². The Morgan fingerprint density at radius 1 is 1.53 bits per heavy atom. The molecule has 0 saturated heterocycles. The molecule has 1 aliphatic rings. The maximum atomic E-state index is 11.7. The van der Waals surface area contributed by atoms with E-state index in [0.29, 0.717) is 6.61 Å². The summed E-state index contributed by atoms with van der Waals surface area (Å²) in [5.41, 5.74) is 1.54. The van der Waals surface area contributed by atoms with Gasteiger partial charge in [0.05, 0.1) is 6.61 Å². The van der Waals surface area contributed by atoms with Gasteiger partial charge in [-0.05, 0) is 45.6 Å². The average molecular weight is 239 g/mol. The third-order valence-corrected chi connectivity index (χ3v) is 3.12. The summed E-state index contributed by atoms with van der Waals surface area (Å²) in [6, 6.07) is -0.123. The summed E-state index contributed by atoms with van der Waals surface area (Å²) in [7, 11) is 0. The number of carbonyl (C=O) groups excluding carboxylic acids is 1. The van der Waals surface area contributed by atoms with E-state index in [1.807, 2.05) is 6.92 Å². The van der Waals surface area contributed by atoms with Gasteiger partial charge in [0.25, 0.3) is 0 Å². The number of hydrogen-bond acceptors (Lipinski definition) is 3. The van der Waals surface area contributed by atoms with Crippen LogP contribution in [0.25, 0.3) is 0 Å². The smallest absolute Gasteiger partial charge is 0.323 e. The highest BCUT2D eigenvalue weighted by Crippen LogP contribution is 2.19. The van der Waals surface area contributed by atoms with Crippen LogP contribution in [0.2, 0.25) is 0 Å². The highest BCUT2D eigenvalue weighted by molar-refractivity contribution is 5.75. The van der Waals surface area contributed by atoms with E-state index in [1.165, 1.54) is 24.8 Å². The third kappa shape index (κ3) is 5.35. The van der Waals surface area contributed by atoms with E-state index in [2.05, 4.69) is 18.3 Å². The van der Waals surface area contributed by atoms with Gasteiger partial charge in [0.15, 0.2) is 0 Å². The predicted molar refractivity (Wildman–Crippen MR) is 69.9 cm³/mol. The number of rotatable bonds is 8. The number of nitrogens with one attached hydrogen (secondary N) is 1. The van der Waals surface area contributed by atoms with Crippen molar-refractivity contribution in [3.8, 4) is 0 Å². The van der Waals surface area contributed by atoms with Gasteiger partial charge in [-0.25, -0.2) is 0 Å². The molecule has 3 nitrogen and oxygen atoms in total. The lowest BCUT2D eigenvalue weighted by molar-refractivity contribution is -0.145. The molecule has 0 aromatic rings.